The van der Waals surface area contributed by atoms with E-state index in [0.29, 0.717) is 13.0 Å². The largest absolute Gasteiger partial charge is 0.395 e. The van der Waals surface area contributed by atoms with Gasteiger partial charge in [-0.05, 0) is 13.8 Å². The summed E-state index contributed by atoms with van der Waals surface area (Å²) in [5.74, 6) is 0. The van der Waals surface area contributed by atoms with Crippen LogP contribution in [0.5, 0.6) is 0 Å². The summed E-state index contributed by atoms with van der Waals surface area (Å²) in [6.07, 6.45) is 0.400. The molecule has 0 aliphatic heterocycles. The lowest BCUT2D eigenvalue weighted by Gasteiger charge is -1.92. The van der Waals surface area contributed by atoms with Gasteiger partial charge in [-0.1, -0.05) is 5.16 Å². The molecule has 0 spiro atoms. The fraction of sp³-hybridized carbons (Fsp3) is 0.667. The number of nitriles is 1. The van der Waals surface area contributed by atoms with Gasteiger partial charge in [0.2, 0.25) is 0 Å². The average Bonchev–Trinajstić information content (AvgIpc) is 1.80. The van der Waals surface area contributed by atoms with E-state index >= 15 is 0 Å². The molecule has 3 heteroatoms. The molecule has 0 rings (SSSR count). The van der Waals surface area contributed by atoms with E-state index in [2.05, 4.69) is 5.16 Å². The van der Waals surface area contributed by atoms with Gasteiger partial charge in [-0.15, -0.1) is 0 Å². The summed E-state index contributed by atoms with van der Waals surface area (Å²) in [6.45, 7) is 4.07. The zero-order valence-corrected chi connectivity index (χ0v) is 5.72. The zero-order valence-electron chi connectivity index (χ0n) is 5.72. The van der Waals surface area contributed by atoms with Gasteiger partial charge in [-0.3, -0.25) is 0 Å². The molecule has 0 atom stereocenters. The molecule has 0 aromatic carbocycles. The van der Waals surface area contributed by atoms with Gasteiger partial charge < -0.3 is 4.84 Å². The van der Waals surface area contributed by atoms with Gasteiger partial charge in [-0.25, -0.2) is 0 Å². The summed E-state index contributed by atoms with van der Waals surface area (Å²) in [5, 5.41) is 11.7. The van der Waals surface area contributed by atoms with Crippen LogP contribution in [0.1, 0.15) is 20.3 Å². The van der Waals surface area contributed by atoms with Crippen LogP contribution < -0.4 is 0 Å². The van der Waals surface area contributed by atoms with Crippen molar-refractivity contribution in [1.82, 2.24) is 0 Å². The van der Waals surface area contributed by atoms with Crippen molar-refractivity contribution in [3.63, 3.8) is 0 Å². The van der Waals surface area contributed by atoms with Gasteiger partial charge in [0.15, 0.2) is 0 Å². The van der Waals surface area contributed by atoms with E-state index in [0.717, 1.165) is 5.71 Å². The second kappa shape index (κ2) is 5.10. The second-order valence-electron chi connectivity index (χ2n) is 1.78. The Kier molecular flexibility index (Phi) is 4.51. The van der Waals surface area contributed by atoms with E-state index in [1.807, 2.05) is 19.9 Å². The highest BCUT2D eigenvalue weighted by Crippen LogP contribution is 1.82. The van der Waals surface area contributed by atoms with Gasteiger partial charge in [-0.2, -0.15) is 5.26 Å². The van der Waals surface area contributed by atoms with Crippen LogP contribution in [0.15, 0.2) is 5.16 Å². The van der Waals surface area contributed by atoms with Crippen LogP contribution in [0.2, 0.25) is 0 Å². The molecule has 0 saturated carbocycles. The predicted octanol–water partition coefficient (Wildman–Crippen LogP) is 1.31. The van der Waals surface area contributed by atoms with Crippen LogP contribution in [0, 0.1) is 11.3 Å². The summed E-state index contributed by atoms with van der Waals surface area (Å²) >= 11 is 0. The van der Waals surface area contributed by atoms with Crippen molar-refractivity contribution >= 4 is 5.71 Å². The molecule has 0 unspecified atom stereocenters. The van der Waals surface area contributed by atoms with E-state index in [-0.39, 0.29) is 0 Å². The fourth-order valence-electron chi connectivity index (χ4n) is 0.266. The smallest absolute Gasteiger partial charge is 0.130 e. The lowest BCUT2D eigenvalue weighted by atomic mass is 10.5. The molecule has 0 aromatic heterocycles. The van der Waals surface area contributed by atoms with E-state index < -0.39 is 0 Å². The number of hydrogen-bond acceptors (Lipinski definition) is 3. The standard InChI is InChI=1S/C6H10N2O/c1-6(2)8-9-5-3-4-7/h3,5H2,1-2H3. The number of nitrogens with zero attached hydrogens (tertiary/aromatic N) is 2. The second-order valence-corrected chi connectivity index (χ2v) is 1.78. The first-order valence-electron chi connectivity index (χ1n) is 2.77. The van der Waals surface area contributed by atoms with Crippen LogP contribution in [0.25, 0.3) is 0 Å². The Bertz CT molecular complexity index is 130. The molecular weight excluding hydrogens is 116 g/mol. The van der Waals surface area contributed by atoms with Crippen molar-refractivity contribution < 1.29 is 4.84 Å². The highest BCUT2D eigenvalue weighted by molar-refractivity contribution is 5.78. The third-order valence-corrected chi connectivity index (χ3v) is 0.552. The van der Waals surface area contributed by atoms with Gasteiger partial charge in [0.05, 0.1) is 18.2 Å². The van der Waals surface area contributed by atoms with Crippen molar-refractivity contribution in [3.05, 3.63) is 0 Å². The molecule has 0 aliphatic rings. The molecule has 0 heterocycles. The lowest BCUT2D eigenvalue weighted by Crippen LogP contribution is -1.88. The molecular formula is C6H10N2O. The number of oxime groups is 1. The maximum Gasteiger partial charge on any atom is 0.130 e. The zero-order chi connectivity index (χ0) is 7.11. The minimum absolute atomic E-state index is 0.391. The summed E-state index contributed by atoms with van der Waals surface area (Å²) in [7, 11) is 0. The molecule has 0 radical (unpaired) electrons. The number of rotatable bonds is 3. The average molecular weight is 126 g/mol. The molecule has 0 N–H and O–H groups in total. The fourth-order valence-corrected chi connectivity index (χ4v) is 0.266. The van der Waals surface area contributed by atoms with Crippen molar-refractivity contribution in [2.75, 3.05) is 6.61 Å². The Hall–Kier alpha value is -1.04. The Morgan fingerprint density at radius 3 is 2.78 bits per heavy atom. The first-order chi connectivity index (χ1) is 4.27. The topological polar surface area (TPSA) is 45.4 Å². The van der Waals surface area contributed by atoms with Crippen LogP contribution in [-0.4, -0.2) is 12.3 Å². The van der Waals surface area contributed by atoms with Crippen LogP contribution in [0.4, 0.5) is 0 Å². The number of hydrogen-bond donors (Lipinski definition) is 0. The Morgan fingerprint density at radius 2 is 2.33 bits per heavy atom. The molecule has 50 valence electrons. The molecule has 0 saturated heterocycles. The molecule has 0 aliphatic carbocycles. The summed E-state index contributed by atoms with van der Waals surface area (Å²) in [4.78, 5) is 4.70. The van der Waals surface area contributed by atoms with Crippen molar-refractivity contribution in [3.8, 4) is 6.07 Å². The van der Waals surface area contributed by atoms with Crippen molar-refractivity contribution in [2.24, 2.45) is 5.16 Å². The quantitative estimate of drug-likeness (QED) is 0.325. The van der Waals surface area contributed by atoms with E-state index in [1.165, 1.54) is 0 Å². The third kappa shape index (κ3) is 6.96. The van der Waals surface area contributed by atoms with E-state index in [4.69, 9.17) is 10.1 Å². The Balaban J connectivity index is 3.12. The molecule has 0 fully saturated rings. The molecule has 3 nitrogen and oxygen atoms in total. The van der Waals surface area contributed by atoms with Crippen LogP contribution >= 0.6 is 0 Å². The minimum Gasteiger partial charge on any atom is -0.395 e. The molecule has 0 amide bonds. The lowest BCUT2D eigenvalue weighted by molar-refractivity contribution is 0.150. The summed E-state index contributed by atoms with van der Waals surface area (Å²) < 4.78 is 0. The predicted molar refractivity (Wildman–Crippen MR) is 35.0 cm³/mol. The van der Waals surface area contributed by atoms with E-state index in [1.54, 1.807) is 0 Å². The van der Waals surface area contributed by atoms with Crippen LogP contribution in [0.3, 0.4) is 0 Å². The van der Waals surface area contributed by atoms with E-state index in [9.17, 15) is 0 Å². The van der Waals surface area contributed by atoms with Crippen molar-refractivity contribution in [1.29, 1.82) is 5.26 Å². The van der Waals surface area contributed by atoms with Gasteiger partial charge in [0, 0.05) is 0 Å². The highest BCUT2D eigenvalue weighted by atomic mass is 16.6. The monoisotopic (exact) mass is 126 g/mol. The molecule has 9 heavy (non-hydrogen) atoms. The molecule has 0 aromatic rings. The first-order valence-corrected chi connectivity index (χ1v) is 2.77. The van der Waals surface area contributed by atoms with Gasteiger partial charge in [0.1, 0.15) is 6.61 Å². The maximum absolute atomic E-state index is 8.05. The third-order valence-electron chi connectivity index (χ3n) is 0.552. The Morgan fingerprint density at radius 1 is 1.67 bits per heavy atom. The van der Waals surface area contributed by atoms with Crippen molar-refractivity contribution in [2.45, 2.75) is 20.3 Å². The summed E-state index contributed by atoms with van der Waals surface area (Å²) in [6, 6.07) is 1.95. The normalized spacial score (nSPS) is 7.67. The molecule has 0 bridgehead atoms. The Labute approximate surface area is 54.9 Å². The maximum atomic E-state index is 8.05. The minimum atomic E-state index is 0.391. The van der Waals surface area contributed by atoms with Gasteiger partial charge in [0.25, 0.3) is 0 Å². The summed E-state index contributed by atoms with van der Waals surface area (Å²) in [5.41, 5.74) is 0.868. The first kappa shape index (κ1) is 7.96. The highest BCUT2D eigenvalue weighted by Gasteiger charge is 1.81. The van der Waals surface area contributed by atoms with Crippen LogP contribution in [-0.2, 0) is 4.84 Å². The SMILES string of the molecule is CC(C)=NOCCC#N. The van der Waals surface area contributed by atoms with Gasteiger partial charge >= 0.3 is 0 Å².